The predicted molar refractivity (Wildman–Crippen MR) is 232 cm³/mol. The third kappa shape index (κ3) is 6.09. The molecule has 0 fully saturated rings. The Labute approximate surface area is 322 Å². The number of para-hydroxylation sites is 1. The second kappa shape index (κ2) is 14.1. The molecule has 1 heterocycles. The van der Waals surface area contributed by atoms with E-state index in [0.717, 1.165) is 60.8 Å². The van der Waals surface area contributed by atoms with E-state index in [2.05, 4.69) is 187 Å². The molecular formula is C51H35N2OSi. The summed E-state index contributed by atoms with van der Waals surface area (Å²) in [6, 6.07) is 76.1. The number of hydrogen-bond donors (Lipinski definition) is 0. The maximum absolute atomic E-state index is 6.63. The Morgan fingerprint density at radius 2 is 1.00 bits per heavy atom. The van der Waals surface area contributed by atoms with E-state index < -0.39 is 8.80 Å². The summed E-state index contributed by atoms with van der Waals surface area (Å²) in [7, 11) is -1.31. The maximum atomic E-state index is 6.63. The smallest absolute Gasteiger partial charge is 0.227 e. The Hall–Kier alpha value is -7.01. The quantitative estimate of drug-likeness (QED) is 0.0889. The van der Waals surface area contributed by atoms with E-state index in [1.54, 1.807) is 0 Å². The van der Waals surface area contributed by atoms with Crippen LogP contribution in [0.2, 0.25) is 0 Å². The van der Waals surface area contributed by atoms with Crippen molar-refractivity contribution in [3.63, 3.8) is 0 Å². The van der Waals surface area contributed by atoms with Crippen molar-refractivity contribution < 1.29 is 4.42 Å². The van der Waals surface area contributed by atoms with Gasteiger partial charge in [-0.15, -0.1) is 0 Å². The molecule has 0 atom stereocenters. The molecule has 1 aromatic heterocycles. The van der Waals surface area contributed by atoms with Gasteiger partial charge < -0.3 is 9.32 Å². The monoisotopic (exact) mass is 719 g/mol. The van der Waals surface area contributed by atoms with Crippen molar-refractivity contribution in [2.45, 2.75) is 0 Å². The van der Waals surface area contributed by atoms with E-state index in [0.29, 0.717) is 5.89 Å². The molecule has 0 aliphatic carbocycles. The highest BCUT2D eigenvalue weighted by Gasteiger charge is 2.23. The summed E-state index contributed by atoms with van der Waals surface area (Å²) >= 11 is 0. The van der Waals surface area contributed by atoms with Crippen molar-refractivity contribution in [2.24, 2.45) is 0 Å². The zero-order valence-corrected chi connectivity index (χ0v) is 31.0. The van der Waals surface area contributed by atoms with Gasteiger partial charge in [-0.25, -0.2) is 4.98 Å². The summed E-state index contributed by atoms with van der Waals surface area (Å²) in [5.41, 5.74) is 8.21. The molecule has 10 rings (SSSR count). The van der Waals surface area contributed by atoms with E-state index in [1.807, 2.05) is 30.3 Å². The van der Waals surface area contributed by atoms with Crippen LogP contribution < -0.4 is 20.5 Å². The number of aromatic nitrogens is 1. The molecule has 0 bridgehead atoms. The molecular weight excluding hydrogens is 685 g/mol. The van der Waals surface area contributed by atoms with E-state index in [4.69, 9.17) is 9.40 Å². The minimum Gasteiger partial charge on any atom is -0.435 e. The van der Waals surface area contributed by atoms with Crippen molar-refractivity contribution in [2.75, 3.05) is 4.90 Å². The number of nitrogens with zero attached hydrogens (tertiary/aromatic N) is 2. The van der Waals surface area contributed by atoms with E-state index in [-0.39, 0.29) is 0 Å². The number of fused-ring (bicyclic) bond motifs is 5. The van der Waals surface area contributed by atoms with Gasteiger partial charge in [-0.05, 0) is 75.4 Å². The first-order chi connectivity index (χ1) is 27.3. The van der Waals surface area contributed by atoms with Crippen LogP contribution in [-0.4, -0.2) is 13.8 Å². The van der Waals surface area contributed by atoms with Crippen LogP contribution in [0, 0.1) is 0 Å². The first-order valence-electron chi connectivity index (χ1n) is 18.6. The molecule has 10 aromatic rings. The minimum absolute atomic E-state index is 0.626. The molecule has 0 aliphatic rings. The molecule has 4 heteroatoms. The molecule has 1 radical (unpaired) electrons. The number of rotatable bonds is 8. The Bertz CT molecular complexity index is 2890. The molecule has 0 amide bonds. The van der Waals surface area contributed by atoms with Gasteiger partial charge in [0.2, 0.25) is 5.89 Å². The van der Waals surface area contributed by atoms with Gasteiger partial charge in [0, 0.05) is 27.9 Å². The topological polar surface area (TPSA) is 29.3 Å². The van der Waals surface area contributed by atoms with E-state index in [1.165, 1.54) is 21.1 Å². The van der Waals surface area contributed by atoms with Crippen LogP contribution >= 0.6 is 0 Å². The predicted octanol–water partition coefficient (Wildman–Crippen LogP) is 11.5. The van der Waals surface area contributed by atoms with Crippen molar-refractivity contribution in [1.29, 1.82) is 0 Å². The molecule has 0 saturated carbocycles. The van der Waals surface area contributed by atoms with Gasteiger partial charge >= 0.3 is 0 Å². The van der Waals surface area contributed by atoms with Crippen molar-refractivity contribution >= 4 is 74.1 Å². The van der Waals surface area contributed by atoms with Crippen LogP contribution in [0.15, 0.2) is 217 Å². The maximum Gasteiger partial charge on any atom is 0.227 e. The number of oxazole rings is 1. The van der Waals surface area contributed by atoms with Gasteiger partial charge in [0.25, 0.3) is 0 Å². The fourth-order valence-corrected chi connectivity index (χ4v) is 10.4. The third-order valence-corrected chi connectivity index (χ3v) is 13.1. The second-order valence-electron chi connectivity index (χ2n) is 13.7. The fourth-order valence-electron chi connectivity index (χ4n) is 7.82. The molecule has 0 saturated heterocycles. The summed E-state index contributed by atoms with van der Waals surface area (Å²) in [5.74, 6) is 0.626. The molecule has 3 nitrogen and oxygen atoms in total. The average molecular weight is 720 g/mol. The summed E-state index contributed by atoms with van der Waals surface area (Å²) in [6.07, 6.45) is 0. The SMILES string of the molecule is c1ccc(-c2nc3ccc4ccc5ccc(N(c6cccc([Si](c7ccccc7)c7ccccc7)c6)c6ccccc6-c6ccccc6)cc5c4c3o2)cc1. The lowest BCUT2D eigenvalue weighted by atomic mass is 9.99. The fraction of sp³-hybridized carbons (Fsp3) is 0. The Morgan fingerprint density at radius 1 is 0.436 bits per heavy atom. The van der Waals surface area contributed by atoms with Gasteiger partial charge in [-0.2, -0.15) is 0 Å². The molecule has 0 unspecified atom stereocenters. The first kappa shape index (κ1) is 32.6. The van der Waals surface area contributed by atoms with Gasteiger partial charge in [0.05, 0.1) is 5.69 Å². The summed E-state index contributed by atoms with van der Waals surface area (Å²) in [4.78, 5) is 7.37. The number of benzene rings is 9. The third-order valence-electron chi connectivity index (χ3n) is 10.4. The Kier molecular flexibility index (Phi) is 8.36. The van der Waals surface area contributed by atoms with Crippen LogP contribution in [0.25, 0.3) is 55.2 Å². The lowest BCUT2D eigenvalue weighted by Crippen LogP contribution is -2.51. The van der Waals surface area contributed by atoms with Crippen LogP contribution in [0.4, 0.5) is 17.1 Å². The zero-order valence-electron chi connectivity index (χ0n) is 30.0. The van der Waals surface area contributed by atoms with Crippen molar-refractivity contribution in [3.8, 4) is 22.6 Å². The van der Waals surface area contributed by atoms with Crippen molar-refractivity contribution in [1.82, 2.24) is 4.98 Å². The lowest BCUT2D eigenvalue weighted by Gasteiger charge is -2.29. The first-order valence-corrected chi connectivity index (χ1v) is 20.1. The average Bonchev–Trinajstić information content (AvgIpc) is 3.71. The lowest BCUT2D eigenvalue weighted by molar-refractivity contribution is 0.623. The standard InChI is InChI=1S/C51H35N2OSi/c1-5-16-36(17-6-1)45-26-13-14-27-48(45)53(40-20-15-25-44(34-40)55(42-21-9-3-10-22-42)43-23-11-4-12-24-43)41-32-30-37-28-29-38-31-33-47-50(49(38)46(37)35-41)54-51(52-47)39-18-7-2-8-19-39/h1-35H. The van der Waals surface area contributed by atoms with Gasteiger partial charge in [-0.3, -0.25) is 0 Å². The minimum atomic E-state index is -1.31. The zero-order chi connectivity index (χ0) is 36.6. The Morgan fingerprint density at radius 3 is 1.73 bits per heavy atom. The highest BCUT2D eigenvalue weighted by molar-refractivity contribution is 6.95. The normalized spacial score (nSPS) is 11.4. The summed E-state index contributed by atoms with van der Waals surface area (Å²) in [5, 5.41) is 8.48. The number of hydrogen-bond acceptors (Lipinski definition) is 3. The largest absolute Gasteiger partial charge is 0.435 e. The highest BCUT2D eigenvalue weighted by Crippen LogP contribution is 2.43. The van der Waals surface area contributed by atoms with Crippen LogP contribution in [0.1, 0.15) is 0 Å². The van der Waals surface area contributed by atoms with Gasteiger partial charge in [-0.1, -0.05) is 174 Å². The van der Waals surface area contributed by atoms with Gasteiger partial charge in [0.15, 0.2) is 14.4 Å². The van der Waals surface area contributed by atoms with Crippen LogP contribution in [0.5, 0.6) is 0 Å². The van der Waals surface area contributed by atoms with Crippen molar-refractivity contribution in [3.05, 3.63) is 212 Å². The molecule has 55 heavy (non-hydrogen) atoms. The number of anilines is 3. The molecule has 259 valence electrons. The molecule has 0 N–H and O–H groups in total. The Balaban J connectivity index is 1.21. The molecule has 0 spiro atoms. The van der Waals surface area contributed by atoms with Crippen LogP contribution in [-0.2, 0) is 0 Å². The van der Waals surface area contributed by atoms with Gasteiger partial charge in [0.1, 0.15) is 5.52 Å². The second-order valence-corrected chi connectivity index (χ2v) is 16.2. The van der Waals surface area contributed by atoms with E-state index >= 15 is 0 Å². The summed E-state index contributed by atoms with van der Waals surface area (Å²) in [6.45, 7) is 0. The molecule has 9 aromatic carbocycles. The van der Waals surface area contributed by atoms with Crippen LogP contribution in [0.3, 0.4) is 0 Å². The highest BCUT2D eigenvalue weighted by atomic mass is 28.3. The summed E-state index contributed by atoms with van der Waals surface area (Å²) < 4.78 is 6.63. The molecule has 0 aliphatic heterocycles. The van der Waals surface area contributed by atoms with E-state index in [9.17, 15) is 0 Å².